The average molecular weight is 398 g/mol. The lowest BCUT2D eigenvalue weighted by Gasteiger charge is -2.28. The van der Waals surface area contributed by atoms with Gasteiger partial charge in [-0.05, 0) is 25.2 Å². The Balaban J connectivity index is 1.76. The summed E-state index contributed by atoms with van der Waals surface area (Å²) in [4.78, 5) is 28.6. The van der Waals surface area contributed by atoms with Crippen molar-refractivity contribution in [1.29, 1.82) is 0 Å². The number of carbonyl (C=O) groups excluding carboxylic acids is 1. The number of hydrogen-bond donors (Lipinski definition) is 2. The smallest absolute Gasteiger partial charge is 0.222 e. The van der Waals surface area contributed by atoms with Gasteiger partial charge in [-0.2, -0.15) is 0 Å². The maximum atomic E-state index is 11.2. The number of fused-ring (bicyclic) bond motifs is 1. The molecule has 9 heteroatoms. The van der Waals surface area contributed by atoms with Gasteiger partial charge in [0.1, 0.15) is 5.82 Å². The van der Waals surface area contributed by atoms with E-state index in [1.807, 2.05) is 13.1 Å². The number of thiophene rings is 1. The summed E-state index contributed by atoms with van der Waals surface area (Å²) in [6.07, 6.45) is 1.69. The van der Waals surface area contributed by atoms with Gasteiger partial charge in [0, 0.05) is 43.2 Å². The SMILES string of the molecule is CNCc1cc2nc(-c3ccc(NC(C)=O)nc3)nc(N3CCOCC3)c2s1. The lowest BCUT2D eigenvalue weighted by Crippen LogP contribution is -2.36. The van der Waals surface area contributed by atoms with Gasteiger partial charge in [0.05, 0.1) is 23.4 Å². The van der Waals surface area contributed by atoms with Crippen molar-refractivity contribution in [2.75, 3.05) is 43.6 Å². The summed E-state index contributed by atoms with van der Waals surface area (Å²) in [5, 5.41) is 5.87. The van der Waals surface area contributed by atoms with Crippen LogP contribution in [0, 0.1) is 0 Å². The highest BCUT2D eigenvalue weighted by Gasteiger charge is 2.20. The average Bonchev–Trinajstić information content (AvgIpc) is 3.11. The maximum Gasteiger partial charge on any atom is 0.222 e. The molecule has 0 aromatic carbocycles. The molecule has 4 rings (SSSR count). The zero-order valence-electron chi connectivity index (χ0n) is 15.9. The van der Waals surface area contributed by atoms with E-state index in [0.29, 0.717) is 24.9 Å². The van der Waals surface area contributed by atoms with Gasteiger partial charge < -0.3 is 20.3 Å². The second-order valence-corrected chi connectivity index (χ2v) is 7.68. The Morgan fingerprint density at radius 2 is 2.11 bits per heavy atom. The Hall–Kier alpha value is -2.62. The fourth-order valence-corrected chi connectivity index (χ4v) is 4.25. The van der Waals surface area contributed by atoms with Crippen LogP contribution in [-0.4, -0.2) is 54.2 Å². The molecule has 1 aliphatic heterocycles. The van der Waals surface area contributed by atoms with Crippen molar-refractivity contribution in [2.45, 2.75) is 13.5 Å². The number of nitrogens with zero attached hydrogens (tertiary/aromatic N) is 4. The number of rotatable bonds is 5. The Bertz CT molecular complexity index is 982. The van der Waals surface area contributed by atoms with Gasteiger partial charge in [0.2, 0.25) is 5.91 Å². The summed E-state index contributed by atoms with van der Waals surface area (Å²) >= 11 is 1.72. The molecule has 2 N–H and O–H groups in total. The van der Waals surface area contributed by atoms with Crippen LogP contribution in [-0.2, 0) is 16.1 Å². The first-order valence-electron chi connectivity index (χ1n) is 9.16. The highest BCUT2D eigenvalue weighted by atomic mass is 32.1. The summed E-state index contributed by atoms with van der Waals surface area (Å²) in [7, 11) is 1.94. The van der Waals surface area contributed by atoms with E-state index < -0.39 is 0 Å². The van der Waals surface area contributed by atoms with Crippen molar-refractivity contribution in [2.24, 2.45) is 0 Å². The van der Waals surface area contributed by atoms with E-state index in [1.165, 1.54) is 11.8 Å². The zero-order chi connectivity index (χ0) is 19.5. The van der Waals surface area contributed by atoms with E-state index in [2.05, 4.69) is 26.6 Å². The fourth-order valence-electron chi connectivity index (χ4n) is 3.12. The first-order valence-corrected chi connectivity index (χ1v) is 9.97. The number of nitrogens with one attached hydrogen (secondary N) is 2. The molecule has 0 unspecified atom stereocenters. The van der Waals surface area contributed by atoms with Crippen molar-refractivity contribution in [3.05, 3.63) is 29.3 Å². The summed E-state index contributed by atoms with van der Waals surface area (Å²) in [5.74, 6) is 1.94. The first-order chi connectivity index (χ1) is 13.6. The highest BCUT2D eigenvalue weighted by molar-refractivity contribution is 7.19. The molecule has 0 aliphatic carbocycles. The van der Waals surface area contributed by atoms with Crippen LogP contribution in [0.25, 0.3) is 21.6 Å². The Morgan fingerprint density at radius 1 is 1.29 bits per heavy atom. The third-order valence-electron chi connectivity index (χ3n) is 4.39. The van der Waals surface area contributed by atoms with Crippen LogP contribution in [0.2, 0.25) is 0 Å². The molecule has 0 bridgehead atoms. The number of morpholine rings is 1. The second kappa shape index (κ2) is 8.17. The highest BCUT2D eigenvalue weighted by Crippen LogP contribution is 2.34. The Kier molecular flexibility index (Phi) is 5.47. The molecule has 1 fully saturated rings. The van der Waals surface area contributed by atoms with Crippen molar-refractivity contribution >= 4 is 39.1 Å². The molecule has 0 spiro atoms. The summed E-state index contributed by atoms with van der Waals surface area (Å²) < 4.78 is 6.60. The van der Waals surface area contributed by atoms with E-state index in [9.17, 15) is 4.79 Å². The largest absolute Gasteiger partial charge is 0.378 e. The van der Waals surface area contributed by atoms with E-state index in [1.54, 1.807) is 23.6 Å². The van der Waals surface area contributed by atoms with Crippen LogP contribution in [0.1, 0.15) is 11.8 Å². The number of carbonyl (C=O) groups is 1. The van der Waals surface area contributed by atoms with Gasteiger partial charge >= 0.3 is 0 Å². The molecule has 3 aromatic rings. The predicted molar refractivity (Wildman–Crippen MR) is 111 cm³/mol. The molecule has 4 heterocycles. The van der Waals surface area contributed by atoms with Crippen LogP contribution in [0.3, 0.4) is 0 Å². The molecule has 1 amide bonds. The molecule has 8 nitrogen and oxygen atoms in total. The molecule has 146 valence electrons. The van der Waals surface area contributed by atoms with Crippen molar-refractivity contribution < 1.29 is 9.53 Å². The molecule has 3 aromatic heterocycles. The van der Waals surface area contributed by atoms with Gasteiger partial charge in [0.25, 0.3) is 0 Å². The molecule has 0 atom stereocenters. The Labute approximate surface area is 167 Å². The third-order valence-corrected chi connectivity index (χ3v) is 5.51. The lowest BCUT2D eigenvalue weighted by atomic mass is 10.2. The van der Waals surface area contributed by atoms with Gasteiger partial charge in [0.15, 0.2) is 11.6 Å². The minimum atomic E-state index is -0.150. The molecular formula is C19H22N6O2S. The number of amides is 1. The zero-order valence-corrected chi connectivity index (χ0v) is 16.7. The standard InChI is InChI=1S/C19H22N6O2S/c1-12(26)22-16-4-3-13(10-21-16)18-23-15-9-14(11-20-2)28-17(15)19(24-18)25-5-7-27-8-6-25/h3-4,9-10,20H,5-8,11H2,1-2H3,(H,21,22,26). The number of hydrogen-bond acceptors (Lipinski definition) is 8. The molecule has 1 aliphatic rings. The Morgan fingerprint density at radius 3 is 2.79 bits per heavy atom. The normalized spacial score (nSPS) is 14.4. The maximum absolute atomic E-state index is 11.2. The van der Waals surface area contributed by atoms with Crippen LogP contribution >= 0.6 is 11.3 Å². The third kappa shape index (κ3) is 3.96. The number of ether oxygens (including phenoxy) is 1. The predicted octanol–water partition coefficient (Wildman–Crippen LogP) is 2.27. The van der Waals surface area contributed by atoms with Gasteiger partial charge in [-0.25, -0.2) is 15.0 Å². The van der Waals surface area contributed by atoms with Gasteiger partial charge in [-0.3, -0.25) is 4.79 Å². The summed E-state index contributed by atoms with van der Waals surface area (Å²) in [6, 6.07) is 5.76. The van der Waals surface area contributed by atoms with Crippen molar-refractivity contribution in [1.82, 2.24) is 20.3 Å². The number of anilines is 2. The fraction of sp³-hybridized carbons (Fsp3) is 0.368. The summed E-state index contributed by atoms with van der Waals surface area (Å²) in [5.41, 5.74) is 1.75. The van der Waals surface area contributed by atoms with Gasteiger partial charge in [-0.15, -0.1) is 11.3 Å². The van der Waals surface area contributed by atoms with Gasteiger partial charge in [-0.1, -0.05) is 0 Å². The minimum Gasteiger partial charge on any atom is -0.378 e. The lowest BCUT2D eigenvalue weighted by molar-refractivity contribution is -0.114. The molecular weight excluding hydrogens is 376 g/mol. The molecule has 0 saturated carbocycles. The molecule has 0 radical (unpaired) electrons. The van der Waals surface area contributed by atoms with E-state index in [4.69, 9.17) is 14.7 Å². The summed E-state index contributed by atoms with van der Waals surface area (Å²) in [6.45, 7) is 5.27. The van der Waals surface area contributed by atoms with Crippen LogP contribution in [0.5, 0.6) is 0 Å². The second-order valence-electron chi connectivity index (χ2n) is 6.54. The topological polar surface area (TPSA) is 92.3 Å². The van der Waals surface area contributed by atoms with Crippen LogP contribution < -0.4 is 15.5 Å². The monoisotopic (exact) mass is 398 g/mol. The first kappa shape index (κ1) is 18.7. The van der Waals surface area contributed by atoms with Crippen molar-refractivity contribution in [3.8, 4) is 11.4 Å². The van der Waals surface area contributed by atoms with Crippen molar-refractivity contribution in [3.63, 3.8) is 0 Å². The molecule has 28 heavy (non-hydrogen) atoms. The van der Waals surface area contributed by atoms with E-state index >= 15 is 0 Å². The van der Waals surface area contributed by atoms with E-state index in [-0.39, 0.29) is 5.91 Å². The number of pyridine rings is 1. The quantitative estimate of drug-likeness (QED) is 0.681. The molecule has 1 saturated heterocycles. The van der Waals surface area contributed by atoms with Crippen LogP contribution in [0.4, 0.5) is 11.6 Å². The van der Waals surface area contributed by atoms with E-state index in [0.717, 1.165) is 41.2 Å². The van der Waals surface area contributed by atoms with Crippen LogP contribution in [0.15, 0.2) is 24.4 Å². The minimum absolute atomic E-state index is 0.150. The number of aromatic nitrogens is 3.